The summed E-state index contributed by atoms with van der Waals surface area (Å²) in [6, 6.07) is 16.4. The monoisotopic (exact) mass is 430 g/mol. The van der Waals surface area contributed by atoms with Crippen LogP contribution in [-0.2, 0) is 9.59 Å². The molecule has 0 aromatic heterocycles. The Morgan fingerprint density at radius 2 is 1.80 bits per heavy atom. The third kappa shape index (κ3) is 9.22. The van der Waals surface area contributed by atoms with E-state index in [4.69, 9.17) is 9.47 Å². The summed E-state index contributed by atoms with van der Waals surface area (Å²) in [4.78, 5) is 24.7. The fourth-order valence-corrected chi connectivity index (χ4v) is 3.18. The summed E-state index contributed by atoms with van der Waals surface area (Å²) in [6.07, 6.45) is 3.21. The summed E-state index contributed by atoms with van der Waals surface area (Å²) in [7, 11) is 0. The zero-order chi connectivity index (χ0) is 21.6. The van der Waals surface area contributed by atoms with Crippen molar-refractivity contribution in [2.24, 2.45) is 0 Å². The van der Waals surface area contributed by atoms with Crippen LogP contribution >= 0.6 is 11.8 Å². The zero-order valence-electron chi connectivity index (χ0n) is 17.6. The number of carbonyl (C=O) groups excluding carboxylic acids is 2. The Bertz CT molecular complexity index is 786. The van der Waals surface area contributed by atoms with E-state index in [-0.39, 0.29) is 18.4 Å². The third-order valence-corrected chi connectivity index (χ3v) is 4.90. The van der Waals surface area contributed by atoms with Crippen LogP contribution in [0.4, 0.5) is 0 Å². The highest BCUT2D eigenvalue weighted by Crippen LogP contribution is 2.12. The molecule has 0 spiro atoms. The van der Waals surface area contributed by atoms with E-state index in [2.05, 4.69) is 10.6 Å². The molecule has 0 heterocycles. The number of para-hydroxylation sites is 1. The van der Waals surface area contributed by atoms with Gasteiger partial charge in [0.1, 0.15) is 17.5 Å². The number of nitrogens with one attached hydrogen (secondary N) is 2. The van der Waals surface area contributed by atoms with Crippen molar-refractivity contribution in [3.63, 3.8) is 0 Å². The van der Waals surface area contributed by atoms with Crippen LogP contribution in [-0.4, -0.2) is 49.6 Å². The Labute approximate surface area is 182 Å². The standard InChI is InChI=1S/C23H30N2O4S/c1-18-8-6-11-20(16-18)28-14-7-13-24-23(27)21(12-15-30-2)25-22(26)17-29-19-9-4-3-5-10-19/h3-6,8-11,16,21H,7,12-15,17H2,1-2H3,(H,24,27)(H,25,26). The predicted molar refractivity (Wildman–Crippen MR) is 121 cm³/mol. The topological polar surface area (TPSA) is 76.7 Å². The fourth-order valence-electron chi connectivity index (χ4n) is 2.71. The highest BCUT2D eigenvalue weighted by molar-refractivity contribution is 7.98. The molecule has 0 aliphatic carbocycles. The fraction of sp³-hybridized carbons (Fsp3) is 0.391. The molecule has 7 heteroatoms. The number of hydrogen-bond acceptors (Lipinski definition) is 5. The lowest BCUT2D eigenvalue weighted by atomic mass is 10.2. The zero-order valence-corrected chi connectivity index (χ0v) is 18.4. The van der Waals surface area contributed by atoms with Crippen molar-refractivity contribution in [3.8, 4) is 11.5 Å². The maximum atomic E-state index is 12.5. The summed E-state index contributed by atoms with van der Waals surface area (Å²) < 4.78 is 11.1. The summed E-state index contributed by atoms with van der Waals surface area (Å²) in [5.74, 6) is 1.71. The van der Waals surface area contributed by atoms with Gasteiger partial charge in [0.05, 0.1) is 6.61 Å². The van der Waals surface area contributed by atoms with Gasteiger partial charge in [0.2, 0.25) is 5.91 Å². The van der Waals surface area contributed by atoms with Crippen molar-refractivity contribution >= 4 is 23.6 Å². The van der Waals surface area contributed by atoms with Crippen molar-refractivity contribution in [2.75, 3.05) is 31.8 Å². The highest BCUT2D eigenvalue weighted by Gasteiger charge is 2.20. The second-order valence-electron chi connectivity index (χ2n) is 6.81. The molecule has 30 heavy (non-hydrogen) atoms. The molecule has 0 saturated heterocycles. The van der Waals surface area contributed by atoms with Gasteiger partial charge in [-0.15, -0.1) is 0 Å². The van der Waals surface area contributed by atoms with Crippen LogP contribution in [0.5, 0.6) is 11.5 Å². The minimum atomic E-state index is -0.581. The number of carbonyl (C=O) groups is 2. The van der Waals surface area contributed by atoms with Crippen molar-refractivity contribution in [1.82, 2.24) is 10.6 Å². The van der Waals surface area contributed by atoms with E-state index in [1.807, 2.05) is 55.6 Å². The van der Waals surface area contributed by atoms with Crippen molar-refractivity contribution in [1.29, 1.82) is 0 Å². The Balaban J connectivity index is 1.71. The van der Waals surface area contributed by atoms with E-state index < -0.39 is 6.04 Å². The van der Waals surface area contributed by atoms with Gasteiger partial charge in [-0.2, -0.15) is 11.8 Å². The molecule has 0 aliphatic rings. The molecule has 2 N–H and O–H groups in total. The average molecular weight is 431 g/mol. The first-order valence-electron chi connectivity index (χ1n) is 10.0. The molecular weight excluding hydrogens is 400 g/mol. The Hall–Kier alpha value is -2.67. The normalized spacial score (nSPS) is 11.4. The van der Waals surface area contributed by atoms with Crippen LogP contribution in [0.25, 0.3) is 0 Å². The molecule has 6 nitrogen and oxygen atoms in total. The van der Waals surface area contributed by atoms with Crippen molar-refractivity contribution < 1.29 is 19.1 Å². The molecule has 162 valence electrons. The molecule has 0 saturated carbocycles. The van der Waals surface area contributed by atoms with Gasteiger partial charge in [0.15, 0.2) is 6.61 Å². The minimum Gasteiger partial charge on any atom is -0.494 e. The van der Waals surface area contributed by atoms with Gasteiger partial charge in [0.25, 0.3) is 5.91 Å². The molecule has 0 aliphatic heterocycles. The quantitative estimate of drug-likeness (QED) is 0.477. The average Bonchev–Trinajstić information content (AvgIpc) is 2.75. The lowest BCUT2D eigenvalue weighted by Crippen LogP contribution is -2.48. The molecule has 1 atom stereocenters. The minimum absolute atomic E-state index is 0.128. The van der Waals surface area contributed by atoms with Crippen LogP contribution in [0, 0.1) is 6.92 Å². The first kappa shape index (κ1) is 23.6. The van der Waals surface area contributed by atoms with E-state index in [1.54, 1.807) is 23.9 Å². The number of aryl methyl sites for hydroxylation is 1. The van der Waals surface area contributed by atoms with Gasteiger partial charge in [-0.25, -0.2) is 0 Å². The molecule has 0 fully saturated rings. The second kappa shape index (κ2) is 13.5. The Morgan fingerprint density at radius 3 is 2.53 bits per heavy atom. The predicted octanol–water partition coefficient (Wildman–Crippen LogP) is 3.20. The number of rotatable bonds is 13. The van der Waals surface area contributed by atoms with Crippen LogP contribution < -0.4 is 20.1 Å². The molecule has 2 aromatic rings. The number of thioether (sulfide) groups is 1. The highest BCUT2D eigenvalue weighted by atomic mass is 32.2. The van der Waals surface area contributed by atoms with Crippen molar-refractivity contribution in [3.05, 3.63) is 60.2 Å². The molecule has 0 bridgehead atoms. The summed E-state index contributed by atoms with van der Waals surface area (Å²) in [5, 5.41) is 5.66. The van der Waals surface area contributed by atoms with Gasteiger partial charge in [-0.3, -0.25) is 9.59 Å². The lowest BCUT2D eigenvalue weighted by molar-refractivity contribution is -0.130. The summed E-state index contributed by atoms with van der Waals surface area (Å²) >= 11 is 1.63. The first-order valence-corrected chi connectivity index (χ1v) is 11.4. The van der Waals surface area contributed by atoms with Crippen LogP contribution in [0.2, 0.25) is 0 Å². The maximum Gasteiger partial charge on any atom is 0.258 e. The number of benzene rings is 2. The summed E-state index contributed by atoms with van der Waals surface area (Å²) in [5.41, 5.74) is 1.14. The third-order valence-electron chi connectivity index (χ3n) is 4.25. The van der Waals surface area contributed by atoms with Gasteiger partial charge in [0, 0.05) is 6.54 Å². The second-order valence-corrected chi connectivity index (χ2v) is 7.80. The molecule has 2 rings (SSSR count). The van der Waals surface area contributed by atoms with Crippen LogP contribution in [0.3, 0.4) is 0 Å². The number of hydrogen-bond donors (Lipinski definition) is 2. The summed E-state index contributed by atoms with van der Waals surface area (Å²) in [6.45, 7) is 2.88. The van der Waals surface area contributed by atoms with E-state index in [9.17, 15) is 9.59 Å². The van der Waals surface area contributed by atoms with E-state index in [0.717, 1.165) is 17.1 Å². The molecule has 1 unspecified atom stereocenters. The molecule has 2 aromatic carbocycles. The Kier molecular flexibility index (Phi) is 10.7. The smallest absolute Gasteiger partial charge is 0.258 e. The van der Waals surface area contributed by atoms with E-state index >= 15 is 0 Å². The molecule has 0 radical (unpaired) electrons. The van der Waals surface area contributed by atoms with Gasteiger partial charge in [-0.05, 0) is 61.6 Å². The van der Waals surface area contributed by atoms with Crippen molar-refractivity contribution in [2.45, 2.75) is 25.8 Å². The number of amides is 2. The maximum absolute atomic E-state index is 12.5. The SMILES string of the molecule is CSCCC(NC(=O)COc1ccccc1)C(=O)NCCCOc1cccc(C)c1. The molecule has 2 amide bonds. The largest absolute Gasteiger partial charge is 0.494 e. The lowest BCUT2D eigenvalue weighted by Gasteiger charge is -2.18. The van der Waals surface area contributed by atoms with Gasteiger partial charge in [-0.1, -0.05) is 30.3 Å². The van der Waals surface area contributed by atoms with E-state index in [0.29, 0.717) is 31.7 Å². The Morgan fingerprint density at radius 1 is 1.03 bits per heavy atom. The van der Waals surface area contributed by atoms with Crippen LogP contribution in [0.1, 0.15) is 18.4 Å². The molecular formula is C23H30N2O4S. The first-order chi connectivity index (χ1) is 14.6. The number of ether oxygens (including phenoxy) is 2. The van der Waals surface area contributed by atoms with Gasteiger partial charge < -0.3 is 20.1 Å². The van der Waals surface area contributed by atoms with E-state index in [1.165, 1.54) is 0 Å². The van der Waals surface area contributed by atoms with Crippen LogP contribution in [0.15, 0.2) is 54.6 Å². The van der Waals surface area contributed by atoms with Gasteiger partial charge >= 0.3 is 0 Å².